The summed E-state index contributed by atoms with van der Waals surface area (Å²) in [5.74, 6) is -1.10. The zero-order chi connectivity index (χ0) is 12.0. The molecule has 1 aliphatic carbocycles. The van der Waals surface area contributed by atoms with Gasteiger partial charge >= 0.3 is 0 Å². The molecular formula is C13H17F2N. The van der Waals surface area contributed by atoms with Crippen molar-refractivity contribution in [3.05, 3.63) is 35.4 Å². The molecule has 1 atom stereocenters. The molecule has 88 valence electrons. The normalized spacial score (nSPS) is 28.3. The van der Waals surface area contributed by atoms with Crippen LogP contribution in [0.25, 0.3) is 0 Å². The summed E-state index contributed by atoms with van der Waals surface area (Å²) in [7, 11) is 0. The third-order valence-corrected chi connectivity index (χ3v) is 3.48. The van der Waals surface area contributed by atoms with Crippen molar-refractivity contribution in [2.75, 3.05) is 0 Å². The van der Waals surface area contributed by atoms with Crippen LogP contribution in [0.15, 0.2) is 18.2 Å². The van der Waals surface area contributed by atoms with E-state index in [1.807, 2.05) is 0 Å². The molecule has 0 spiro atoms. The van der Waals surface area contributed by atoms with Crippen LogP contribution in [0.5, 0.6) is 0 Å². The van der Waals surface area contributed by atoms with Crippen molar-refractivity contribution < 1.29 is 8.78 Å². The van der Waals surface area contributed by atoms with Gasteiger partial charge in [0.25, 0.3) is 0 Å². The first kappa shape index (κ1) is 11.5. The third kappa shape index (κ3) is 2.09. The Bertz CT molecular complexity index is 394. The number of benzene rings is 1. The minimum absolute atomic E-state index is 0.150. The summed E-state index contributed by atoms with van der Waals surface area (Å²) in [6.07, 6.45) is 2.54. The molecule has 0 radical (unpaired) electrons. The lowest BCUT2D eigenvalue weighted by Crippen LogP contribution is -2.34. The van der Waals surface area contributed by atoms with Crippen molar-refractivity contribution in [3.63, 3.8) is 0 Å². The Hall–Kier alpha value is -0.960. The standard InChI is InChI=1S/C13H17F2N/c1-12(2)3-4-13(16,8-12)9-5-10(14)7-11(15)6-9/h5-7H,3-4,8,16H2,1-2H3. The lowest BCUT2D eigenvalue weighted by molar-refractivity contribution is 0.338. The molecule has 1 aliphatic rings. The highest BCUT2D eigenvalue weighted by molar-refractivity contribution is 5.27. The second-order valence-electron chi connectivity index (χ2n) is 5.66. The van der Waals surface area contributed by atoms with Gasteiger partial charge in [0.15, 0.2) is 0 Å². The van der Waals surface area contributed by atoms with E-state index < -0.39 is 17.2 Å². The van der Waals surface area contributed by atoms with Gasteiger partial charge in [-0.15, -0.1) is 0 Å². The minimum atomic E-state index is -0.577. The molecule has 16 heavy (non-hydrogen) atoms. The van der Waals surface area contributed by atoms with E-state index in [2.05, 4.69) is 13.8 Å². The predicted octanol–water partition coefficient (Wildman–Crippen LogP) is 3.33. The lowest BCUT2D eigenvalue weighted by atomic mass is 9.84. The number of rotatable bonds is 1. The Morgan fingerprint density at radius 2 is 1.62 bits per heavy atom. The smallest absolute Gasteiger partial charge is 0.126 e. The largest absolute Gasteiger partial charge is 0.321 e. The second-order valence-corrected chi connectivity index (χ2v) is 5.66. The van der Waals surface area contributed by atoms with Crippen LogP contribution in [0.1, 0.15) is 38.7 Å². The van der Waals surface area contributed by atoms with Crippen molar-refractivity contribution in [1.29, 1.82) is 0 Å². The Kier molecular flexibility index (Phi) is 2.54. The highest BCUT2D eigenvalue weighted by Crippen LogP contribution is 2.47. The molecule has 0 aromatic heterocycles. The summed E-state index contributed by atoms with van der Waals surface area (Å²) in [6.45, 7) is 4.27. The van der Waals surface area contributed by atoms with Crippen molar-refractivity contribution in [2.45, 2.75) is 38.6 Å². The van der Waals surface area contributed by atoms with E-state index in [1.165, 1.54) is 12.1 Å². The summed E-state index contributed by atoms with van der Waals surface area (Å²) in [5.41, 5.74) is 6.41. The maximum Gasteiger partial charge on any atom is 0.126 e. The Balaban J connectivity index is 2.37. The van der Waals surface area contributed by atoms with Gasteiger partial charge in [0, 0.05) is 11.6 Å². The van der Waals surface area contributed by atoms with E-state index in [1.54, 1.807) is 0 Å². The van der Waals surface area contributed by atoms with Crippen molar-refractivity contribution in [1.82, 2.24) is 0 Å². The average molecular weight is 225 g/mol. The number of hydrogen-bond donors (Lipinski definition) is 1. The fraction of sp³-hybridized carbons (Fsp3) is 0.538. The van der Waals surface area contributed by atoms with Crippen LogP contribution in [0, 0.1) is 17.0 Å². The molecule has 3 heteroatoms. The monoisotopic (exact) mass is 225 g/mol. The molecular weight excluding hydrogens is 208 g/mol. The van der Waals surface area contributed by atoms with Crippen LogP contribution >= 0.6 is 0 Å². The van der Waals surface area contributed by atoms with Gasteiger partial charge in [-0.1, -0.05) is 13.8 Å². The Morgan fingerprint density at radius 3 is 2.06 bits per heavy atom. The summed E-state index contributed by atoms with van der Waals surface area (Å²) in [6, 6.07) is 3.59. The van der Waals surface area contributed by atoms with Crippen LogP contribution in [0.2, 0.25) is 0 Å². The number of halogens is 2. The predicted molar refractivity (Wildman–Crippen MR) is 59.9 cm³/mol. The quantitative estimate of drug-likeness (QED) is 0.779. The molecule has 1 aromatic carbocycles. The van der Waals surface area contributed by atoms with Crippen LogP contribution < -0.4 is 5.73 Å². The summed E-state index contributed by atoms with van der Waals surface area (Å²) in [5, 5.41) is 0. The summed E-state index contributed by atoms with van der Waals surface area (Å²) >= 11 is 0. The maximum absolute atomic E-state index is 13.1. The van der Waals surface area contributed by atoms with Gasteiger partial charge in [-0.3, -0.25) is 0 Å². The van der Waals surface area contributed by atoms with Gasteiger partial charge in [-0.25, -0.2) is 8.78 Å². The molecule has 0 bridgehead atoms. The Morgan fingerprint density at radius 1 is 1.06 bits per heavy atom. The maximum atomic E-state index is 13.1. The van der Waals surface area contributed by atoms with E-state index in [-0.39, 0.29) is 5.41 Å². The highest BCUT2D eigenvalue weighted by atomic mass is 19.1. The molecule has 1 fully saturated rings. The first-order valence-corrected chi connectivity index (χ1v) is 5.56. The zero-order valence-electron chi connectivity index (χ0n) is 9.69. The van der Waals surface area contributed by atoms with E-state index in [9.17, 15) is 8.78 Å². The fourth-order valence-corrected chi connectivity index (χ4v) is 2.68. The molecule has 0 amide bonds. The van der Waals surface area contributed by atoms with Crippen LogP contribution in [-0.2, 0) is 5.54 Å². The van der Waals surface area contributed by atoms with Gasteiger partial charge in [0.05, 0.1) is 0 Å². The molecule has 1 nitrogen and oxygen atoms in total. The zero-order valence-corrected chi connectivity index (χ0v) is 9.69. The fourth-order valence-electron chi connectivity index (χ4n) is 2.68. The summed E-state index contributed by atoms with van der Waals surface area (Å²) in [4.78, 5) is 0. The van der Waals surface area contributed by atoms with Crippen LogP contribution in [0.3, 0.4) is 0 Å². The molecule has 2 N–H and O–H groups in total. The summed E-state index contributed by atoms with van der Waals surface area (Å²) < 4.78 is 26.3. The highest BCUT2D eigenvalue weighted by Gasteiger charge is 2.41. The molecule has 1 unspecified atom stereocenters. The number of hydrogen-bond acceptors (Lipinski definition) is 1. The lowest BCUT2D eigenvalue weighted by Gasteiger charge is -2.27. The van der Waals surface area contributed by atoms with Crippen molar-refractivity contribution in [2.24, 2.45) is 11.1 Å². The first-order chi connectivity index (χ1) is 7.31. The van der Waals surface area contributed by atoms with Gasteiger partial charge in [-0.05, 0) is 42.4 Å². The molecule has 1 aromatic rings. The number of nitrogens with two attached hydrogens (primary N) is 1. The molecule has 0 heterocycles. The van der Waals surface area contributed by atoms with Crippen LogP contribution in [-0.4, -0.2) is 0 Å². The van der Waals surface area contributed by atoms with Gasteiger partial charge < -0.3 is 5.73 Å². The van der Waals surface area contributed by atoms with E-state index in [0.717, 1.165) is 25.3 Å². The third-order valence-electron chi connectivity index (χ3n) is 3.48. The van der Waals surface area contributed by atoms with E-state index in [4.69, 9.17) is 5.73 Å². The average Bonchev–Trinajstić information content (AvgIpc) is 2.40. The molecule has 1 saturated carbocycles. The van der Waals surface area contributed by atoms with Crippen LogP contribution in [0.4, 0.5) is 8.78 Å². The van der Waals surface area contributed by atoms with E-state index in [0.29, 0.717) is 5.56 Å². The Labute approximate surface area is 94.7 Å². The minimum Gasteiger partial charge on any atom is -0.321 e. The van der Waals surface area contributed by atoms with E-state index >= 15 is 0 Å². The topological polar surface area (TPSA) is 26.0 Å². The van der Waals surface area contributed by atoms with Gasteiger partial charge in [-0.2, -0.15) is 0 Å². The molecule has 0 saturated heterocycles. The molecule has 2 rings (SSSR count). The van der Waals surface area contributed by atoms with Crippen molar-refractivity contribution >= 4 is 0 Å². The van der Waals surface area contributed by atoms with Gasteiger partial charge in [0.1, 0.15) is 11.6 Å². The van der Waals surface area contributed by atoms with Gasteiger partial charge in [0.2, 0.25) is 0 Å². The SMILES string of the molecule is CC1(C)CCC(N)(c2cc(F)cc(F)c2)C1. The molecule has 0 aliphatic heterocycles. The first-order valence-electron chi connectivity index (χ1n) is 5.56. The van der Waals surface area contributed by atoms with Crippen molar-refractivity contribution in [3.8, 4) is 0 Å². The second kappa shape index (κ2) is 3.52.